The van der Waals surface area contributed by atoms with E-state index in [0.717, 1.165) is 52.4 Å². The standard InChI is InChI=1S/C26H19F2N5/c27-19-10-9-18(12-20(19)28)33-25-6-2-1-5-21(25)32-24-13-22(31-17-4-3-11-29-15-17)23(14-26(24)33)30-16-7-8-16/h1-6,9-16,31H,7-8H2/b30-23+. The molecule has 1 aliphatic heterocycles. The van der Waals surface area contributed by atoms with Crippen LogP contribution in [0.3, 0.4) is 0 Å². The fraction of sp³-hybridized carbons (Fsp3) is 0.115. The van der Waals surface area contributed by atoms with E-state index in [1.807, 2.05) is 53.1 Å². The van der Waals surface area contributed by atoms with Crippen molar-refractivity contribution in [3.63, 3.8) is 0 Å². The number of nitrogens with one attached hydrogen (secondary N) is 1. The Morgan fingerprint density at radius 1 is 0.939 bits per heavy atom. The maximum absolute atomic E-state index is 14.2. The van der Waals surface area contributed by atoms with Gasteiger partial charge in [0.1, 0.15) is 0 Å². The summed E-state index contributed by atoms with van der Waals surface area (Å²) in [7, 11) is 0. The molecule has 1 saturated carbocycles. The highest BCUT2D eigenvalue weighted by Gasteiger charge is 2.22. The number of hydrogen-bond donors (Lipinski definition) is 1. The van der Waals surface area contributed by atoms with Crippen molar-refractivity contribution in [1.29, 1.82) is 0 Å². The molecule has 0 radical (unpaired) electrons. The Kier molecular flexibility index (Phi) is 4.61. The summed E-state index contributed by atoms with van der Waals surface area (Å²) < 4.78 is 29.8. The van der Waals surface area contributed by atoms with E-state index in [2.05, 4.69) is 10.3 Å². The van der Waals surface area contributed by atoms with Crippen molar-refractivity contribution in [2.24, 2.45) is 4.99 Å². The highest BCUT2D eigenvalue weighted by Crippen LogP contribution is 2.31. The highest BCUT2D eigenvalue weighted by atomic mass is 19.2. The number of halogens is 2. The Morgan fingerprint density at radius 2 is 1.82 bits per heavy atom. The van der Waals surface area contributed by atoms with Crippen LogP contribution in [0.1, 0.15) is 12.8 Å². The van der Waals surface area contributed by atoms with Crippen LogP contribution >= 0.6 is 0 Å². The summed E-state index contributed by atoms with van der Waals surface area (Å²) in [6.45, 7) is 0. The Balaban J connectivity index is 1.65. The average molecular weight is 439 g/mol. The number of anilines is 2. The maximum atomic E-state index is 14.2. The van der Waals surface area contributed by atoms with Crippen LogP contribution in [0.5, 0.6) is 0 Å². The van der Waals surface area contributed by atoms with Gasteiger partial charge in [0.05, 0.1) is 51.4 Å². The van der Waals surface area contributed by atoms with E-state index in [1.165, 1.54) is 6.07 Å². The average Bonchev–Trinajstić information content (AvgIpc) is 3.65. The Morgan fingerprint density at radius 3 is 2.61 bits per heavy atom. The van der Waals surface area contributed by atoms with E-state index in [1.54, 1.807) is 18.5 Å². The number of nitrogens with zero attached hydrogens (tertiary/aromatic N) is 4. The van der Waals surface area contributed by atoms with Gasteiger partial charge in [-0.05, 0) is 61.4 Å². The molecule has 1 fully saturated rings. The molecule has 0 amide bonds. The molecule has 5 nitrogen and oxygen atoms in total. The third kappa shape index (κ3) is 3.71. The van der Waals surface area contributed by atoms with Gasteiger partial charge in [0, 0.05) is 18.0 Å². The van der Waals surface area contributed by atoms with E-state index in [0.29, 0.717) is 17.4 Å². The zero-order valence-corrected chi connectivity index (χ0v) is 17.5. The molecule has 2 aromatic carbocycles. The smallest absolute Gasteiger partial charge is 0.160 e. The number of rotatable bonds is 4. The molecule has 1 aromatic heterocycles. The second-order valence-corrected chi connectivity index (χ2v) is 8.12. The lowest BCUT2D eigenvalue weighted by Gasteiger charge is -2.20. The number of hydrogen-bond acceptors (Lipinski definition) is 4. The van der Waals surface area contributed by atoms with Crippen molar-refractivity contribution >= 4 is 22.4 Å². The topological polar surface area (TPSA) is 55.1 Å². The normalized spacial score (nSPS) is 14.2. The number of pyridine rings is 1. The molecule has 7 heteroatoms. The molecule has 1 N–H and O–H groups in total. The zero-order chi connectivity index (χ0) is 22.4. The summed E-state index contributed by atoms with van der Waals surface area (Å²) in [5.74, 6) is -1.78. The summed E-state index contributed by atoms with van der Waals surface area (Å²) in [5, 5.41) is 4.20. The molecule has 6 rings (SSSR count). The minimum Gasteiger partial charge on any atom is -0.352 e. The van der Waals surface area contributed by atoms with Crippen molar-refractivity contribution in [3.05, 3.63) is 96.1 Å². The van der Waals surface area contributed by atoms with E-state index >= 15 is 0 Å². The molecule has 2 aliphatic carbocycles. The van der Waals surface area contributed by atoms with Gasteiger partial charge < -0.3 is 9.88 Å². The van der Waals surface area contributed by atoms with Gasteiger partial charge in [-0.25, -0.2) is 13.8 Å². The lowest BCUT2D eigenvalue weighted by Crippen LogP contribution is -2.15. The van der Waals surface area contributed by atoms with Gasteiger partial charge in [-0.15, -0.1) is 0 Å². The van der Waals surface area contributed by atoms with Crippen LogP contribution in [0.25, 0.3) is 28.1 Å². The van der Waals surface area contributed by atoms with Gasteiger partial charge in [0.2, 0.25) is 0 Å². The number of benzene rings is 3. The summed E-state index contributed by atoms with van der Waals surface area (Å²) in [5.41, 5.74) is 5.19. The highest BCUT2D eigenvalue weighted by molar-refractivity contribution is 5.84. The van der Waals surface area contributed by atoms with Crippen LogP contribution in [0.4, 0.5) is 20.2 Å². The van der Waals surface area contributed by atoms with Crippen LogP contribution < -0.4 is 10.7 Å². The predicted octanol–water partition coefficient (Wildman–Crippen LogP) is 5.61. The molecule has 3 aliphatic rings. The Labute approximate surface area is 188 Å². The SMILES string of the molecule is Fc1ccc(-n2c3c/c(=N\C4CC4)c(Nc4cccnc4)cc-3nc3ccccc32)cc1F. The molecule has 0 saturated heterocycles. The molecule has 0 spiro atoms. The third-order valence-corrected chi connectivity index (χ3v) is 5.67. The van der Waals surface area contributed by atoms with Crippen molar-refractivity contribution < 1.29 is 8.78 Å². The first-order valence-corrected chi connectivity index (χ1v) is 10.8. The van der Waals surface area contributed by atoms with E-state index in [9.17, 15) is 8.78 Å². The molecule has 162 valence electrons. The third-order valence-electron chi connectivity index (χ3n) is 5.67. The van der Waals surface area contributed by atoms with Gasteiger partial charge >= 0.3 is 0 Å². The Hall–Kier alpha value is -4.13. The largest absolute Gasteiger partial charge is 0.352 e. The quantitative estimate of drug-likeness (QED) is 0.370. The van der Waals surface area contributed by atoms with Crippen LogP contribution in [0.15, 0.2) is 84.1 Å². The zero-order valence-electron chi connectivity index (χ0n) is 17.5. The maximum Gasteiger partial charge on any atom is 0.160 e. The van der Waals surface area contributed by atoms with E-state index in [4.69, 9.17) is 9.98 Å². The molecule has 0 bridgehead atoms. The first-order chi connectivity index (χ1) is 16.2. The first-order valence-electron chi connectivity index (χ1n) is 10.8. The second-order valence-electron chi connectivity index (χ2n) is 8.12. The number of aromatic nitrogens is 3. The van der Waals surface area contributed by atoms with Gasteiger partial charge in [-0.1, -0.05) is 12.1 Å². The van der Waals surface area contributed by atoms with E-state index in [-0.39, 0.29) is 0 Å². The summed E-state index contributed by atoms with van der Waals surface area (Å²) in [6.07, 6.45) is 5.59. The Bertz CT molecular complexity index is 1520. The molecular weight excluding hydrogens is 420 g/mol. The van der Waals surface area contributed by atoms with Crippen molar-refractivity contribution in [2.75, 3.05) is 5.32 Å². The first kappa shape index (κ1) is 19.5. The van der Waals surface area contributed by atoms with Crippen molar-refractivity contribution in [2.45, 2.75) is 18.9 Å². The minimum absolute atomic E-state index is 0.294. The summed E-state index contributed by atoms with van der Waals surface area (Å²) >= 11 is 0. The number of fused-ring (bicyclic) bond motifs is 2. The van der Waals surface area contributed by atoms with Gasteiger partial charge in [-0.3, -0.25) is 9.98 Å². The monoisotopic (exact) mass is 439 g/mol. The van der Waals surface area contributed by atoms with Crippen LogP contribution in [0, 0.1) is 11.6 Å². The molecule has 2 heterocycles. The van der Waals surface area contributed by atoms with Crippen molar-refractivity contribution in [3.8, 4) is 17.1 Å². The fourth-order valence-corrected chi connectivity index (χ4v) is 3.94. The molecule has 0 unspecified atom stereocenters. The molecule has 0 atom stereocenters. The van der Waals surface area contributed by atoms with E-state index < -0.39 is 11.6 Å². The minimum atomic E-state index is -0.896. The van der Waals surface area contributed by atoms with Gasteiger partial charge in [0.15, 0.2) is 11.6 Å². The fourth-order valence-electron chi connectivity index (χ4n) is 3.94. The summed E-state index contributed by atoms with van der Waals surface area (Å²) in [4.78, 5) is 13.9. The van der Waals surface area contributed by atoms with Crippen molar-refractivity contribution in [1.82, 2.24) is 14.5 Å². The van der Waals surface area contributed by atoms with Crippen LogP contribution in [-0.2, 0) is 0 Å². The number of para-hydroxylation sites is 2. The lowest BCUT2D eigenvalue weighted by atomic mass is 10.1. The summed E-state index contributed by atoms with van der Waals surface area (Å²) in [6, 6.07) is 19.6. The van der Waals surface area contributed by atoms with Gasteiger partial charge in [-0.2, -0.15) is 0 Å². The molecule has 3 aromatic rings. The molecular formula is C26H19F2N5. The van der Waals surface area contributed by atoms with Crippen LogP contribution in [0.2, 0.25) is 0 Å². The molecule has 33 heavy (non-hydrogen) atoms. The van der Waals surface area contributed by atoms with Crippen LogP contribution in [-0.4, -0.2) is 20.6 Å². The van der Waals surface area contributed by atoms with Gasteiger partial charge in [0.25, 0.3) is 0 Å². The lowest BCUT2D eigenvalue weighted by molar-refractivity contribution is 0.508. The predicted molar refractivity (Wildman–Crippen MR) is 124 cm³/mol. The second kappa shape index (κ2) is 7.78.